The van der Waals surface area contributed by atoms with Gasteiger partial charge in [-0.25, -0.2) is 8.42 Å². The van der Waals surface area contributed by atoms with Gasteiger partial charge < -0.3 is 15.7 Å². The van der Waals surface area contributed by atoms with Gasteiger partial charge in [-0.1, -0.05) is 41.9 Å². The second-order valence-electron chi connectivity index (χ2n) is 6.24. The molecule has 6 nitrogen and oxygen atoms in total. The molecule has 0 aliphatic carbocycles. The van der Waals surface area contributed by atoms with E-state index in [2.05, 4.69) is 15.6 Å². The van der Waals surface area contributed by atoms with Crippen LogP contribution in [-0.4, -0.2) is 44.9 Å². The van der Waals surface area contributed by atoms with E-state index < -0.39 is 15.9 Å². The number of benzene rings is 1. The van der Waals surface area contributed by atoms with Crippen LogP contribution in [0.5, 0.6) is 0 Å². The van der Waals surface area contributed by atoms with E-state index in [1.165, 1.54) is 11.3 Å². The fraction of sp³-hybridized carbons (Fsp3) is 0.421. The minimum atomic E-state index is -3.16. The van der Waals surface area contributed by atoms with Gasteiger partial charge in [-0.3, -0.25) is 4.99 Å². The standard InChI is InChI=1S/C19H26ClN3O3S2.HI/c1-2-21-19(23-13-16(24)17-9-10-18(20)27-17)22-11-6-12-28(25,26)14-15-7-4-3-5-8-15;/h3-5,7-10,16,24H,2,6,11-14H2,1H3,(H2,21,22,23);1H. The zero-order chi connectivity index (χ0) is 20.4. The molecule has 0 radical (unpaired) electrons. The highest BCUT2D eigenvalue weighted by molar-refractivity contribution is 14.0. The van der Waals surface area contributed by atoms with Crippen LogP contribution in [0, 0.1) is 0 Å². The summed E-state index contributed by atoms with van der Waals surface area (Å²) < 4.78 is 25.1. The van der Waals surface area contributed by atoms with E-state index in [0.717, 1.165) is 10.4 Å². The average Bonchev–Trinajstić information content (AvgIpc) is 3.10. The van der Waals surface area contributed by atoms with Crippen molar-refractivity contribution in [2.75, 3.05) is 25.4 Å². The number of aliphatic hydroxyl groups excluding tert-OH is 1. The van der Waals surface area contributed by atoms with Crippen LogP contribution in [0.3, 0.4) is 0 Å². The summed E-state index contributed by atoms with van der Waals surface area (Å²) in [5.41, 5.74) is 0.799. The van der Waals surface area contributed by atoms with Crippen LogP contribution < -0.4 is 10.6 Å². The highest BCUT2D eigenvalue weighted by atomic mass is 127. The van der Waals surface area contributed by atoms with Crippen molar-refractivity contribution in [2.24, 2.45) is 4.99 Å². The number of sulfone groups is 1. The molecule has 3 N–H and O–H groups in total. The molecule has 2 aromatic rings. The molecule has 1 aromatic heterocycles. The van der Waals surface area contributed by atoms with Gasteiger partial charge in [0.05, 0.1) is 22.4 Å². The summed E-state index contributed by atoms with van der Waals surface area (Å²) in [5.74, 6) is 0.701. The number of nitrogens with one attached hydrogen (secondary N) is 2. The number of thiophene rings is 1. The van der Waals surface area contributed by atoms with Gasteiger partial charge in [-0.05, 0) is 31.0 Å². The number of guanidine groups is 1. The van der Waals surface area contributed by atoms with Crippen LogP contribution in [0.1, 0.15) is 29.9 Å². The normalized spacial score (nSPS) is 12.9. The number of nitrogens with zero attached hydrogens (tertiary/aromatic N) is 1. The largest absolute Gasteiger partial charge is 0.386 e. The summed E-state index contributed by atoms with van der Waals surface area (Å²) in [6.45, 7) is 3.27. The molecule has 1 unspecified atom stereocenters. The van der Waals surface area contributed by atoms with Crippen molar-refractivity contribution in [1.29, 1.82) is 0 Å². The van der Waals surface area contributed by atoms with Crippen molar-refractivity contribution in [1.82, 2.24) is 10.6 Å². The summed E-state index contributed by atoms with van der Waals surface area (Å²) in [6.07, 6.45) is -0.248. The van der Waals surface area contributed by atoms with Crippen molar-refractivity contribution in [3.63, 3.8) is 0 Å². The summed E-state index contributed by atoms with van der Waals surface area (Å²) in [7, 11) is -3.16. The first-order valence-corrected chi connectivity index (χ1v) is 12.1. The Labute approximate surface area is 198 Å². The zero-order valence-electron chi connectivity index (χ0n) is 16.2. The van der Waals surface area contributed by atoms with E-state index in [4.69, 9.17) is 11.6 Å². The number of rotatable bonds is 10. The molecule has 1 heterocycles. The molecule has 0 saturated carbocycles. The first-order chi connectivity index (χ1) is 13.4. The summed E-state index contributed by atoms with van der Waals surface area (Å²) >= 11 is 7.21. The topological polar surface area (TPSA) is 90.8 Å². The number of aliphatic hydroxyl groups is 1. The molecule has 10 heteroatoms. The third-order valence-electron chi connectivity index (χ3n) is 3.84. The van der Waals surface area contributed by atoms with Crippen molar-refractivity contribution in [2.45, 2.75) is 25.2 Å². The van der Waals surface area contributed by atoms with Crippen LogP contribution in [0.2, 0.25) is 4.34 Å². The first-order valence-electron chi connectivity index (χ1n) is 9.09. The lowest BCUT2D eigenvalue weighted by Crippen LogP contribution is -2.38. The Bertz CT molecular complexity index is 861. The lowest BCUT2D eigenvalue weighted by molar-refractivity contribution is 0.191. The molecule has 0 saturated heterocycles. The maximum Gasteiger partial charge on any atom is 0.191 e. The fourth-order valence-electron chi connectivity index (χ4n) is 2.52. The summed E-state index contributed by atoms with van der Waals surface area (Å²) in [4.78, 5) is 5.12. The third kappa shape index (κ3) is 10.1. The molecule has 0 amide bonds. The van der Waals surface area contributed by atoms with Crippen LogP contribution in [0.4, 0.5) is 0 Å². The third-order valence-corrected chi connectivity index (χ3v) is 6.86. The highest BCUT2D eigenvalue weighted by Gasteiger charge is 2.12. The van der Waals surface area contributed by atoms with Crippen molar-refractivity contribution < 1.29 is 13.5 Å². The van der Waals surface area contributed by atoms with Gasteiger partial charge in [0.1, 0.15) is 6.10 Å². The average molecular weight is 572 g/mol. The SMILES string of the molecule is CCNC(=NCC(O)c1ccc(Cl)s1)NCCCS(=O)(=O)Cc1ccccc1.I. The van der Waals surface area contributed by atoms with Gasteiger partial charge in [0.25, 0.3) is 0 Å². The number of halogens is 2. The first kappa shape index (κ1) is 26.2. The summed E-state index contributed by atoms with van der Waals surface area (Å²) in [6, 6.07) is 12.7. The van der Waals surface area contributed by atoms with E-state index in [1.54, 1.807) is 12.1 Å². The molecule has 2 rings (SSSR count). The molecule has 0 aliphatic heterocycles. The lowest BCUT2D eigenvalue weighted by Gasteiger charge is -2.12. The molecule has 29 heavy (non-hydrogen) atoms. The lowest BCUT2D eigenvalue weighted by atomic mass is 10.2. The summed E-state index contributed by atoms with van der Waals surface area (Å²) in [5, 5.41) is 16.4. The Kier molecular flexibility index (Phi) is 12.1. The second-order valence-corrected chi connectivity index (χ2v) is 10.2. The maximum atomic E-state index is 12.2. The smallest absolute Gasteiger partial charge is 0.191 e. The molecule has 0 aliphatic rings. The van der Waals surface area contributed by atoms with Crippen LogP contribution in [-0.2, 0) is 15.6 Å². The van der Waals surface area contributed by atoms with Gasteiger partial charge >= 0.3 is 0 Å². The molecule has 162 valence electrons. The molecule has 0 bridgehead atoms. The second kappa shape index (κ2) is 13.4. The molecule has 0 fully saturated rings. The Balaban J connectivity index is 0.00000420. The van der Waals surface area contributed by atoms with Crippen molar-refractivity contribution in [3.05, 3.63) is 57.2 Å². The van der Waals surface area contributed by atoms with Crippen LogP contribution in [0.25, 0.3) is 0 Å². The Hall–Kier alpha value is -0.880. The monoisotopic (exact) mass is 571 g/mol. The van der Waals surface area contributed by atoms with Crippen LogP contribution >= 0.6 is 46.9 Å². The Morgan fingerprint density at radius 2 is 1.93 bits per heavy atom. The van der Waals surface area contributed by atoms with Gasteiger partial charge in [0, 0.05) is 18.0 Å². The number of aliphatic imine (C=N–C) groups is 1. The van der Waals surface area contributed by atoms with Gasteiger partial charge in [-0.15, -0.1) is 35.3 Å². The van der Waals surface area contributed by atoms with Gasteiger partial charge in [0.2, 0.25) is 0 Å². The molecular weight excluding hydrogens is 545 g/mol. The fourth-order valence-corrected chi connectivity index (χ4v) is 4.98. The van der Waals surface area contributed by atoms with Gasteiger partial charge in [0.15, 0.2) is 15.8 Å². The zero-order valence-corrected chi connectivity index (χ0v) is 20.9. The minimum Gasteiger partial charge on any atom is -0.386 e. The molecule has 1 aromatic carbocycles. The highest BCUT2D eigenvalue weighted by Crippen LogP contribution is 2.26. The number of hydrogen-bond donors (Lipinski definition) is 3. The van der Waals surface area contributed by atoms with Crippen molar-refractivity contribution in [3.8, 4) is 0 Å². The maximum absolute atomic E-state index is 12.2. The van der Waals surface area contributed by atoms with Gasteiger partial charge in [-0.2, -0.15) is 0 Å². The van der Waals surface area contributed by atoms with E-state index in [0.29, 0.717) is 29.8 Å². The molecule has 0 spiro atoms. The van der Waals surface area contributed by atoms with E-state index in [-0.39, 0.29) is 42.0 Å². The van der Waals surface area contributed by atoms with Crippen molar-refractivity contribution >= 4 is 62.7 Å². The molecule has 1 atom stereocenters. The molecular formula is C19H27ClIN3O3S2. The quantitative estimate of drug-likeness (QED) is 0.175. The Morgan fingerprint density at radius 1 is 1.21 bits per heavy atom. The predicted octanol–water partition coefficient (Wildman–Crippen LogP) is 3.61. The van der Waals surface area contributed by atoms with E-state index in [9.17, 15) is 13.5 Å². The van der Waals surface area contributed by atoms with Crippen LogP contribution in [0.15, 0.2) is 47.5 Å². The van der Waals surface area contributed by atoms with E-state index in [1.807, 2.05) is 37.3 Å². The number of hydrogen-bond acceptors (Lipinski definition) is 5. The minimum absolute atomic E-state index is 0. The predicted molar refractivity (Wildman–Crippen MR) is 132 cm³/mol. The van der Waals surface area contributed by atoms with E-state index >= 15 is 0 Å². The Morgan fingerprint density at radius 3 is 2.55 bits per heavy atom.